The minimum absolute atomic E-state index is 0.190. The summed E-state index contributed by atoms with van der Waals surface area (Å²) in [6.07, 6.45) is 0. The van der Waals surface area contributed by atoms with Crippen LogP contribution in [0.5, 0.6) is 0 Å². The van der Waals surface area contributed by atoms with Gasteiger partial charge < -0.3 is 5.32 Å². The van der Waals surface area contributed by atoms with E-state index in [0.717, 1.165) is 11.6 Å². The minimum Gasteiger partial charge on any atom is -0.307 e. The third kappa shape index (κ3) is 3.87. The maximum Gasteiger partial charge on any atom is 0.0579 e. The molecule has 1 N–H and O–H groups in total. The molecular weight excluding hydrogens is 278 g/mol. The quantitative estimate of drug-likeness (QED) is 0.772. The molecule has 2 rings (SSSR count). The predicted molar refractivity (Wildman–Crippen MR) is 92.2 cm³/mol. The van der Waals surface area contributed by atoms with E-state index in [1.54, 1.807) is 0 Å². The number of aryl methyl sites for hydroxylation is 1. The van der Waals surface area contributed by atoms with Crippen LogP contribution in [0.3, 0.4) is 0 Å². The Bertz CT molecular complexity index is 587. The van der Waals surface area contributed by atoms with Crippen molar-refractivity contribution in [2.45, 2.75) is 39.7 Å². The second kappa shape index (κ2) is 7.11. The first-order valence-corrected chi connectivity index (χ1v) is 8.00. The third-order valence-electron chi connectivity index (χ3n) is 3.90. The van der Waals surface area contributed by atoms with Gasteiger partial charge in [-0.1, -0.05) is 62.7 Å². The average Bonchev–Trinajstić information content (AvgIpc) is 2.48. The van der Waals surface area contributed by atoms with Crippen LogP contribution in [0.25, 0.3) is 0 Å². The van der Waals surface area contributed by atoms with Gasteiger partial charge in [-0.2, -0.15) is 0 Å². The normalized spacial score (nSPS) is 12.7. The van der Waals surface area contributed by atoms with Crippen LogP contribution in [0.1, 0.15) is 55.0 Å². The molecule has 0 amide bonds. The first-order valence-electron chi connectivity index (χ1n) is 7.62. The van der Waals surface area contributed by atoms with Gasteiger partial charge in [-0.25, -0.2) is 0 Å². The van der Waals surface area contributed by atoms with E-state index in [9.17, 15) is 0 Å². The summed E-state index contributed by atoms with van der Waals surface area (Å²) in [7, 11) is 0. The highest BCUT2D eigenvalue weighted by molar-refractivity contribution is 6.30. The summed E-state index contributed by atoms with van der Waals surface area (Å²) in [5.41, 5.74) is 5.17. The molecule has 21 heavy (non-hydrogen) atoms. The van der Waals surface area contributed by atoms with Crippen molar-refractivity contribution >= 4 is 11.6 Å². The SMILES string of the molecule is CCNC(c1ccc(C(C)C)cc1)c1cc(Cl)ccc1C. The fraction of sp³-hybridized carbons (Fsp3) is 0.368. The number of hydrogen-bond donors (Lipinski definition) is 1. The molecule has 1 unspecified atom stereocenters. The smallest absolute Gasteiger partial charge is 0.0579 e. The van der Waals surface area contributed by atoms with Crippen LogP contribution in [-0.2, 0) is 0 Å². The molecule has 0 saturated carbocycles. The fourth-order valence-electron chi connectivity index (χ4n) is 2.61. The van der Waals surface area contributed by atoms with E-state index < -0.39 is 0 Å². The van der Waals surface area contributed by atoms with Gasteiger partial charge in [0.2, 0.25) is 0 Å². The van der Waals surface area contributed by atoms with Crippen molar-refractivity contribution in [2.24, 2.45) is 0 Å². The highest BCUT2D eigenvalue weighted by Crippen LogP contribution is 2.28. The van der Waals surface area contributed by atoms with E-state index in [-0.39, 0.29) is 6.04 Å². The molecule has 0 bridgehead atoms. The molecule has 2 aromatic rings. The summed E-state index contributed by atoms with van der Waals surface area (Å²) in [4.78, 5) is 0. The zero-order valence-corrected chi connectivity index (χ0v) is 14.0. The first kappa shape index (κ1) is 16.1. The van der Waals surface area contributed by atoms with E-state index in [1.807, 2.05) is 6.07 Å². The van der Waals surface area contributed by atoms with Gasteiger partial charge in [-0.15, -0.1) is 0 Å². The second-order valence-electron chi connectivity index (χ2n) is 5.81. The molecule has 0 aliphatic rings. The topological polar surface area (TPSA) is 12.0 Å². The molecule has 1 nitrogen and oxygen atoms in total. The number of halogens is 1. The summed E-state index contributed by atoms with van der Waals surface area (Å²) in [6.45, 7) is 9.63. The summed E-state index contributed by atoms with van der Waals surface area (Å²) >= 11 is 6.19. The lowest BCUT2D eigenvalue weighted by molar-refractivity contribution is 0.627. The van der Waals surface area contributed by atoms with Crippen molar-refractivity contribution in [1.29, 1.82) is 0 Å². The molecule has 0 aliphatic carbocycles. The van der Waals surface area contributed by atoms with Gasteiger partial charge >= 0.3 is 0 Å². The van der Waals surface area contributed by atoms with Gasteiger partial charge in [0.1, 0.15) is 0 Å². The number of rotatable bonds is 5. The molecule has 1 atom stereocenters. The molecule has 0 radical (unpaired) electrons. The monoisotopic (exact) mass is 301 g/mol. The minimum atomic E-state index is 0.190. The third-order valence-corrected chi connectivity index (χ3v) is 4.13. The van der Waals surface area contributed by atoms with Crippen LogP contribution in [0, 0.1) is 6.92 Å². The Morgan fingerprint density at radius 3 is 2.19 bits per heavy atom. The van der Waals surface area contributed by atoms with Crippen LogP contribution < -0.4 is 5.32 Å². The molecule has 2 heteroatoms. The van der Waals surface area contributed by atoms with Gasteiger partial charge in [0.15, 0.2) is 0 Å². The molecule has 0 saturated heterocycles. The lowest BCUT2D eigenvalue weighted by Gasteiger charge is -2.22. The van der Waals surface area contributed by atoms with E-state index in [2.05, 4.69) is 69.4 Å². The molecule has 0 fully saturated rings. The van der Waals surface area contributed by atoms with Crippen LogP contribution in [0.15, 0.2) is 42.5 Å². The maximum atomic E-state index is 6.19. The van der Waals surface area contributed by atoms with Gasteiger partial charge in [0, 0.05) is 5.02 Å². The largest absolute Gasteiger partial charge is 0.307 e. The number of benzene rings is 2. The van der Waals surface area contributed by atoms with Crippen molar-refractivity contribution in [3.05, 3.63) is 69.7 Å². The average molecular weight is 302 g/mol. The molecule has 0 spiro atoms. The Kier molecular flexibility index (Phi) is 5.44. The van der Waals surface area contributed by atoms with Crippen LogP contribution in [0.4, 0.5) is 0 Å². The van der Waals surface area contributed by atoms with Crippen LogP contribution >= 0.6 is 11.6 Å². The molecule has 0 heterocycles. The highest BCUT2D eigenvalue weighted by Gasteiger charge is 2.15. The molecule has 0 aliphatic heterocycles. The molecule has 0 aromatic heterocycles. The molecule has 2 aromatic carbocycles. The highest BCUT2D eigenvalue weighted by atomic mass is 35.5. The Morgan fingerprint density at radius 1 is 1.00 bits per heavy atom. The standard InChI is InChI=1S/C19H24ClN/c1-5-21-19(18-12-17(20)11-6-14(18)4)16-9-7-15(8-10-16)13(2)3/h6-13,19,21H,5H2,1-4H3. The Labute approximate surface area is 133 Å². The van der Waals surface area contributed by atoms with Crippen LogP contribution in [-0.4, -0.2) is 6.54 Å². The summed E-state index contributed by atoms with van der Waals surface area (Å²) < 4.78 is 0. The van der Waals surface area contributed by atoms with Gasteiger partial charge in [-0.3, -0.25) is 0 Å². The number of nitrogens with one attached hydrogen (secondary N) is 1. The predicted octanol–water partition coefficient (Wildman–Crippen LogP) is 5.47. The van der Waals surface area contributed by atoms with Gasteiger partial charge in [-0.05, 0) is 53.8 Å². The van der Waals surface area contributed by atoms with Crippen LogP contribution in [0.2, 0.25) is 5.02 Å². The Hall–Kier alpha value is -1.31. The van der Waals surface area contributed by atoms with Crippen molar-refractivity contribution in [2.75, 3.05) is 6.54 Å². The van der Waals surface area contributed by atoms with Crippen molar-refractivity contribution < 1.29 is 0 Å². The van der Waals surface area contributed by atoms with Crippen molar-refractivity contribution in [3.8, 4) is 0 Å². The fourth-order valence-corrected chi connectivity index (χ4v) is 2.79. The van der Waals surface area contributed by atoms with E-state index in [4.69, 9.17) is 11.6 Å². The van der Waals surface area contributed by atoms with E-state index in [0.29, 0.717) is 5.92 Å². The summed E-state index contributed by atoms with van der Waals surface area (Å²) in [6, 6.07) is 15.2. The van der Waals surface area contributed by atoms with E-state index >= 15 is 0 Å². The zero-order valence-electron chi connectivity index (χ0n) is 13.3. The summed E-state index contributed by atoms with van der Waals surface area (Å²) in [5.74, 6) is 0.560. The Balaban J connectivity index is 2.40. The zero-order chi connectivity index (χ0) is 15.4. The number of hydrogen-bond acceptors (Lipinski definition) is 1. The second-order valence-corrected chi connectivity index (χ2v) is 6.25. The maximum absolute atomic E-state index is 6.19. The van der Waals surface area contributed by atoms with Crippen molar-refractivity contribution in [1.82, 2.24) is 5.32 Å². The Morgan fingerprint density at radius 2 is 1.62 bits per heavy atom. The first-order chi connectivity index (χ1) is 10.0. The summed E-state index contributed by atoms with van der Waals surface area (Å²) in [5, 5.41) is 4.36. The van der Waals surface area contributed by atoms with Gasteiger partial charge in [0.05, 0.1) is 6.04 Å². The molecule has 112 valence electrons. The van der Waals surface area contributed by atoms with Gasteiger partial charge in [0.25, 0.3) is 0 Å². The lowest BCUT2D eigenvalue weighted by Crippen LogP contribution is -2.22. The van der Waals surface area contributed by atoms with E-state index in [1.165, 1.54) is 22.3 Å². The lowest BCUT2D eigenvalue weighted by atomic mass is 9.93. The van der Waals surface area contributed by atoms with Crippen molar-refractivity contribution in [3.63, 3.8) is 0 Å². The molecular formula is C19H24ClN.